The summed E-state index contributed by atoms with van der Waals surface area (Å²) in [6.07, 6.45) is 0. The van der Waals surface area contributed by atoms with Gasteiger partial charge in [-0.1, -0.05) is 29.8 Å². The standard InChI is InChI=1S/C17H20N4O3/c1-10-4-6-13(7-5-10)21-12(3)15(18-19-21)16(22)20-8-11(2)14(9-20)17(23)24/h4-7,11,14H,8-9H2,1-3H3,(H,23,24)/t11-,14-/m1/s1. The van der Waals surface area contributed by atoms with Crippen molar-refractivity contribution in [2.75, 3.05) is 13.1 Å². The molecule has 0 spiro atoms. The number of hydrogen-bond donors (Lipinski definition) is 1. The average Bonchev–Trinajstić information content (AvgIpc) is 3.11. The van der Waals surface area contributed by atoms with Gasteiger partial charge in [0.15, 0.2) is 5.69 Å². The zero-order valence-corrected chi connectivity index (χ0v) is 13.9. The lowest BCUT2D eigenvalue weighted by Gasteiger charge is -2.14. The summed E-state index contributed by atoms with van der Waals surface area (Å²) in [7, 11) is 0. The van der Waals surface area contributed by atoms with E-state index >= 15 is 0 Å². The van der Waals surface area contributed by atoms with Crippen LogP contribution in [-0.2, 0) is 4.79 Å². The minimum absolute atomic E-state index is 0.0705. The van der Waals surface area contributed by atoms with E-state index < -0.39 is 11.9 Å². The van der Waals surface area contributed by atoms with Gasteiger partial charge in [0.2, 0.25) is 0 Å². The maximum atomic E-state index is 12.7. The fourth-order valence-corrected chi connectivity index (χ4v) is 3.06. The molecule has 2 atom stereocenters. The largest absolute Gasteiger partial charge is 0.481 e. The van der Waals surface area contributed by atoms with Crippen molar-refractivity contribution in [1.29, 1.82) is 0 Å². The molecule has 1 N–H and O–H groups in total. The van der Waals surface area contributed by atoms with E-state index in [9.17, 15) is 14.7 Å². The highest BCUT2D eigenvalue weighted by Crippen LogP contribution is 2.25. The third-order valence-electron chi connectivity index (χ3n) is 4.59. The third kappa shape index (κ3) is 2.77. The molecule has 1 saturated heterocycles. The van der Waals surface area contributed by atoms with Gasteiger partial charge in [0.1, 0.15) is 0 Å². The van der Waals surface area contributed by atoms with Gasteiger partial charge in [-0.15, -0.1) is 5.10 Å². The number of carbonyl (C=O) groups excluding carboxylic acids is 1. The van der Waals surface area contributed by atoms with Crippen LogP contribution < -0.4 is 0 Å². The van der Waals surface area contributed by atoms with Crippen LogP contribution in [0.2, 0.25) is 0 Å². The van der Waals surface area contributed by atoms with Crippen molar-refractivity contribution < 1.29 is 14.7 Å². The molecule has 0 saturated carbocycles. The number of likely N-dealkylation sites (tertiary alicyclic amines) is 1. The quantitative estimate of drug-likeness (QED) is 0.926. The van der Waals surface area contributed by atoms with Gasteiger partial charge in [-0.3, -0.25) is 9.59 Å². The molecule has 1 aromatic carbocycles. The summed E-state index contributed by atoms with van der Waals surface area (Å²) in [6.45, 7) is 6.28. The number of carbonyl (C=O) groups is 2. The van der Waals surface area contributed by atoms with Crippen LogP contribution >= 0.6 is 0 Å². The van der Waals surface area contributed by atoms with E-state index in [1.54, 1.807) is 16.5 Å². The van der Waals surface area contributed by atoms with Crippen LogP contribution in [0.4, 0.5) is 0 Å². The summed E-state index contributed by atoms with van der Waals surface area (Å²) in [6, 6.07) is 7.78. The number of aryl methyl sites for hydroxylation is 1. The third-order valence-corrected chi connectivity index (χ3v) is 4.59. The van der Waals surface area contributed by atoms with Crippen molar-refractivity contribution in [2.45, 2.75) is 20.8 Å². The van der Waals surface area contributed by atoms with E-state index in [0.717, 1.165) is 11.3 Å². The molecule has 1 aliphatic rings. The summed E-state index contributed by atoms with van der Waals surface area (Å²) < 4.78 is 1.63. The Balaban J connectivity index is 1.85. The molecular formula is C17H20N4O3. The SMILES string of the molecule is Cc1ccc(-n2nnc(C(=O)N3C[C@@H](C)[C@H](C(=O)O)C3)c2C)cc1. The number of aromatic nitrogens is 3. The molecule has 7 heteroatoms. The van der Waals surface area contributed by atoms with Crippen LogP contribution in [-0.4, -0.2) is 50.0 Å². The van der Waals surface area contributed by atoms with Crippen LogP contribution in [0.5, 0.6) is 0 Å². The monoisotopic (exact) mass is 328 g/mol. The fraction of sp³-hybridized carbons (Fsp3) is 0.412. The zero-order valence-electron chi connectivity index (χ0n) is 13.9. The molecule has 1 fully saturated rings. The first-order valence-corrected chi connectivity index (χ1v) is 7.90. The zero-order chi connectivity index (χ0) is 17.4. The molecule has 1 aromatic heterocycles. The number of carboxylic acids is 1. The maximum absolute atomic E-state index is 12.7. The number of rotatable bonds is 3. The van der Waals surface area contributed by atoms with E-state index in [0.29, 0.717) is 12.2 Å². The number of benzene rings is 1. The number of carboxylic acid groups (broad SMARTS) is 1. The smallest absolute Gasteiger partial charge is 0.308 e. The van der Waals surface area contributed by atoms with Crippen LogP contribution in [0.15, 0.2) is 24.3 Å². The van der Waals surface area contributed by atoms with E-state index in [1.165, 1.54) is 0 Å². The van der Waals surface area contributed by atoms with E-state index in [1.807, 2.05) is 38.1 Å². The number of nitrogens with zero attached hydrogens (tertiary/aromatic N) is 4. The number of amides is 1. The predicted molar refractivity (Wildman–Crippen MR) is 87.0 cm³/mol. The second-order valence-electron chi connectivity index (χ2n) is 6.40. The summed E-state index contributed by atoms with van der Waals surface area (Å²) in [5.41, 5.74) is 2.89. The fourth-order valence-electron chi connectivity index (χ4n) is 3.06. The Labute approximate surface area is 139 Å². The molecule has 0 bridgehead atoms. The van der Waals surface area contributed by atoms with Gasteiger partial charge in [-0.2, -0.15) is 0 Å². The first-order valence-electron chi connectivity index (χ1n) is 7.90. The average molecular weight is 328 g/mol. The topological polar surface area (TPSA) is 88.3 Å². The summed E-state index contributed by atoms with van der Waals surface area (Å²) in [4.78, 5) is 25.5. The Morgan fingerprint density at radius 2 is 1.83 bits per heavy atom. The van der Waals surface area contributed by atoms with Gasteiger partial charge < -0.3 is 10.0 Å². The first-order chi connectivity index (χ1) is 11.4. The van der Waals surface area contributed by atoms with E-state index in [-0.39, 0.29) is 24.1 Å². The van der Waals surface area contributed by atoms with Crippen molar-refractivity contribution in [1.82, 2.24) is 19.9 Å². The summed E-state index contributed by atoms with van der Waals surface area (Å²) in [5.74, 6) is -1.72. The highest BCUT2D eigenvalue weighted by Gasteiger charge is 2.38. The van der Waals surface area contributed by atoms with Crippen LogP contribution in [0.25, 0.3) is 5.69 Å². The Morgan fingerprint density at radius 3 is 2.42 bits per heavy atom. The Kier molecular flexibility index (Phi) is 4.09. The van der Waals surface area contributed by atoms with Crippen molar-refractivity contribution >= 4 is 11.9 Å². The Morgan fingerprint density at radius 1 is 1.17 bits per heavy atom. The van der Waals surface area contributed by atoms with Crippen LogP contribution in [0, 0.1) is 25.7 Å². The summed E-state index contributed by atoms with van der Waals surface area (Å²) in [5, 5.41) is 17.3. The van der Waals surface area contributed by atoms with Gasteiger partial charge >= 0.3 is 5.97 Å². The number of aliphatic carboxylic acids is 1. The van der Waals surface area contributed by atoms with Crippen molar-refractivity contribution in [3.8, 4) is 5.69 Å². The van der Waals surface area contributed by atoms with Gasteiger partial charge in [-0.25, -0.2) is 4.68 Å². The molecule has 0 unspecified atom stereocenters. The lowest BCUT2D eigenvalue weighted by Crippen LogP contribution is -2.30. The second-order valence-corrected chi connectivity index (χ2v) is 6.40. The minimum atomic E-state index is -0.863. The number of hydrogen-bond acceptors (Lipinski definition) is 4. The van der Waals surface area contributed by atoms with Gasteiger partial charge in [0, 0.05) is 13.1 Å². The molecule has 24 heavy (non-hydrogen) atoms. The molecule has 126 valence electrons. The molecule has 7 nitrogen and oxygen atoms in total. The lowest BCUT2D eigenvalue weighted by atomic mass is 9.99. The highest BCUT2D eigenvalue weighted by molar-refractivity contribution is 5.94. The molecule has 2 aromatic rings. The summed E-state index contributed by atoms with van der Waals surface area (Å²) >= 11 is 0. The molecule has 2 heterocycles. The first kappa shape index (κ1) is 16.2. The van der Waals surface area contributed by atoms with Crippen LogP contribution in [0.3, 0.4) is 0 Å². The molecular weight excluding hydrogens is 308 g/mol. The molecule has 1 aliphatic heterocycles. The van der Waals surface area contributed by atoms with Crippen molar-refractivity contribution in [2.24, 2.45) is 11.8 Å². The molecule has 1 amide bonds. The van der Waals surface area contributed by atoms with Crippen molar-refractivity contribution in [3.05, 3.63) is 41.2 Å². The normalized spacial score (nSPS) is 20.4. The highest BCUT2D eigenvalue weighted by atomic mass is 16.4. The second kappa shape index (κ2) is 6.07. The van der Waals surface area contributed by atoms with Crippen LogP contribution in [0.1, 0.15) is 28.7 Å². The maximum Gasteiger partial charge on any atom is 0.308 e. The van der Waals surface area contributed by atoms with Gasteiger partial charge in [-0.05, 0) is 31.9 Å². The van der Waals surface area contributed by atoms with Gasteiger partial charge in [0.25, 0.3) is 5.91 Å². The van der Waals surface area contributed by atoms with E-state index in [2.05, 4.69) is 10.3 Å². The molecule has 0 aliphatic carbocycles. The van der Waals surface area contributed by atoms with Crippen molar-refractivity contribution in [3.63, 3.8) is 0 Å². The lowest BCUT2D eigenvalue weighted by molar-refractivity contribution is -0.142. The minimum Gasteiger partial charge on any atom is -0.481 e. The Hall–Kier alpha value is -2.70. The Bertz CT molecular complexity index is 782. The molecule has 3 rings (SSSR count). The van der Waals surface area contributed by atoms with Gasteiger partial charge in [0.05, 0.1) is 17.3 Å². The molecule has 0 radical (unpaired) electrons. The van der Waals surface area contributed by atoms with E-state index in [4.69, 9.17) is 0 Å². The predicted octanol–water partition coefficient (Wildman–Crippen LogP) is 1.68.